The second-order valence-corrected chi connectivity index (χ2v) is 4.18. The van der Waals surface area contributed by atoms with Crippen molar-refractivity contribution in [1.29, 1.82) is 0 Å². The Morgan fingerprint density at radius 2 is 2.28 bits per heavy atom. The molecule has 0 aliphatic carbocycles. The summed E-state index contributed by atoms with van der Waals surface area (Å²) in [5.41, 5.74) is 1.85. The summed E-state index contributed by atoms with van der Waals surface area (Å²) in [7, 11) is 0. The molecule has 0 spiro atoms. The predicted molar refractivity (Wildman–Crippen MR) is 62.0 cm³/mol. The summed E-state index contributed by atoms with van der Waals surface area (Å²) < 4.78 is 18.5. The molecule has 2 aromatic rings. The van der Waals surface area contributed by atoms with Crippen LogP contribution in [0, 0.1) is 5.82 Å². The molecule has 0 radical (unpaired) electrons. The fraction of sp³-hybridized carbons (Fsp3) is 0.231. The zero-order valence-corrected chi connectivity index (χ0v) is 9.44. The van der Waals surface area contributed by atoms with Crippen molar-refractivity contribution in [2.45, 2.75) is 13.0 Å². The van der Waals surface area contributed by atoms with Gasteiger partial charge in [0.2, 0.25) is 0 Å². The lowest BCUT2D eigenvalue weighted by Gasteiger charge is -2.19. The summed E-state index contributed by atoms with van der Waals surface area (Å²) >= 11 is 0. The highest BCUT2D eigenvalue weighted by Gasteiger charge is 2.22. The Morgan fingerprint density at radius 3 is 3.06 bits per heavy atom. The zero-order chi connectivity index (χ0) is 12.7. The SMILES string of the molecule is O=C(O)c1c2c(nc3cc(F)ccc13)CCOC2. The van der Waals surface area contributed by atoms with Crippen LogP contribution < -0.4 is 0 Å². The number of carboxylic acids is 1. The first-order chi connectivity index (χ1) is 8.66. The second kappa shape index (κ2) is 4.03. The molecule has 0 amide bonds. The molecule has 5 heteroatoms. The van der Waals surface area contributed by atoms with E-state index < -0.39 is 11.8 Å². The van der Waals surface area contributed by atoms with Crippen molar-refractivity contribution < 1.29 is 19.0 Å². The van der Waals surface area contributed by atoms with Crippen LogP contribution >= 0.6 is 0 Å². The van der Waals surface area contributed by atoms with Crippen LogP contribution in [0.25, 0.3) is 10.9 Å². The van der Waals surface area contributed by atoms with Gasteiger partial charge in [-0.3, -0.25) is 4.98 Å². The van der Waals surface area contributed by atoms with Gasteiger partial charge < -0.3 is 9.84 Å². The third-order valence-corrected chi connectivity index (χ3v) is 3.08. The third kappa shape index (κ3) is 1.64. The van der Waals surface area contributed by atoms with Gasteiger partial charge in [0.05, 0.1) is 24.3 Å². The first-order valence-electron chi connectivity index (χ1n) is 5.59. The summed E-state index contributed by atoms with van der Waals surface area (Å²) in [6.45, 7) is 0.761. The maximum Gasteiger partial charge on any atom is 0.336 e. The molecule has 4 nitrogen and oxygen atoms in total. The minimum absolute atomic E-state index is 0.176. The van der Waals surface area contributed by atoms with Crippen LogP contribution in [-0.4, -0.2) is 22.7 Å². The first kappa shape index (κ1) is 11.1. The van der Waals surface area contributed by atoms with Crippen molar-refractivity contribution in [3.05, 3.63) is 40.8 Å². The molecule has 0 saturated carbocycles. The Hall–Kier alpha value is -2.01. The minimum Gasteiger partial charge on any atom is -0.478 e. The van der Waals surface area contributed by atoms with Crippen LogP contribution in [0.4, 0.5) is 4.39 Å². The number of hydrogen-bond donors (Lipinski definition) is 1. The van der Waals surface area contributed by atoms with E-state index in [9.17, 15) is 14.3 Å². The lowest BCUT2D eigenvalue weighted by atomic mass is 9.98. The topological polar surface area (TPSA) is 59.4 Å². The minimum atomic E-state index is -1.03. The van der Waals surface area contributed by atoms with E-state index in [1.807, 2.05) is 0 Å². The van der Waals surface area contributed by atoms with Crippen LogP contribution in [0.2, 0.25) is 0 Å². The Bertz CT molecular complexity index is 654. The fourth-order valence-electron chi connectivity index (χ4n) is 2.28. The number of halogens is 1. The number of carbonyl (C=O) groups is 1. The average Bonchev–Trinajstić information content (AvgIpc) is 2.35. The van der Waals surface area contributed by atoms with E-state index in [0.29, 0.717) is 35.2 Å². The summed E-state index contributed by atoms with van der Waals surface area (Å²) in [6.07, 6.45) is 0.558. The van der Waals surface area contributed by atoms with Crippen molar-refractivity contribution in [3.63, 3.8) is 0 Å². The van der Waals surface area contributed by atoms with Crippen molar-refractivity contribution in [3.8, 4) is 0 Å². The highest BCUT2D eigenvalue weighted by Crippen LogP contribution is 2.27. The van der Waals surface area contributed by atoms with E-state index in [4.69, 9.17) is 4.74 Å². The number of fused-ring (bicyclic) bond motifs is 2. The third-order valence-electron chi connectivity index (χ3n) is 3.08. The number of aromatic nitrogens is 1. The summed E-state index contributed by atoms with van der Waals surface area (Å²) in [5.74, 6) is -1.45. The van der Waals surface area contributed by atoms with Gasteiger partial charge in [0, 0.05) is 29.1 Å². The van der Waals surface area contributed by atoms with E-state index in [1.54, 1.807) is 0 Å². The normalized spacial score (nSPS) is 14.5. The van der Waals surface area contributed by atoms with Crippen molar-refractivity contribution >= 4 is 16.9 Å². The van der Waals surface area contributed by atoms with Crippen molar-refractivity contribution in [2.24, 2.45) is 0 Å². The smallest absolute Gasteiger partial charge is 0.336 e. The summed E-state index contributed by atoms with van der Waals surface area (Å²) in [6, 6.07) is 3.96. The largest absolute Gasteiger partial charge is 0.478 e. The monoisotopic (exact) mass is 247 g/mol. The maximum absolute atomic E-state index is 13.2. The number of carboxylic acid groups (broad SMARTS) is 1. The molecule has 0 saturated heterocycles. The van der Waals surface area contributed by atoms with E-state index in [2.05, 4.69) is 4.98 Å². The molecular formula is C13H10FNO3. The lowest BCUT2D eigenvalue weighted by Crippen LogP contribution is -2.17. The van der Waals surface area contributed by atoms with Gasteiger partial charge in [-0.2, -0.15) is 0 Å². The molecule has 92 valence electrons. The van der Waals surface area contributed by atoms with Crippen molar-refractivity contribution in [1.82, 2.24) is 4.98 Å². The van der Waals surface area contributed by atoms with Gasteiger partial charge in [-0.25, -0.2) is 9.18 Å². The van der Waals surface area contributed by atoms with Crippen LogP contribution in [0.5, 0.6) is 0 Å². The van der Waals surface area contributed by atoms with E-state index in [1.165, 1.54) is 18.2 Å². The number of hydrogen-bond acceptors (Lipinski definition) is 3. The fourth-order valence-corrected chi connectivity index (χ4v) is 2.28. The van der Waals surface area contributed by atoms with Gasteiger partial charge in [0.25, 0.3) is 0 Å². The molecule has 1 aromatic carbocycles. The number of rotatable bonds is 1. The highest BCUT2D eigenvalue weighted by atomic mass is 19.1. The highest BCUT2D eigenvalue weighted by molar-refractivity contribution is 6.04. The van der Waals surface area contributed by atoms with Crippen LogP contribution in [0.1, 0.15) is 21.6 Å². The number of nitrogens with zero attached hydrogens (tertiary/aromatic N) is 1. The molecule has 2 heterocycles. The zero-order valence-electron chi connectivity index (χ0n) is 9.44. The number of benzene rings is 1. The molecule has 0 bridgehead atoms. The van der Waals surface area contributed by atoms with Gasteiger partial charge in [-0.05, 0) is 12.1 Å². The average molecular weight is 247 g/mol. The predicted octanol–water partition coefficient (Wildman–Crippen LogP) is 2.14. The number of aromatic carboxylic acids is 1. The second-order valence-electron chi connectivity index (χ2n) is 4.18. The molecule has 1 aromatic heterocycles. The summed E-state index contributed by atoms with van der Waals surface area (Å²) in [4.78, 5) is 15.7. The molecule has 3 rings (SSSR count). The Kier molecular flexibility index (Phi) is 2.48. The van der Waals surface area contributed by atoms with Crippen LogP contribution in [0.15, 0.2) is 18.2 Å². The summed E-state index contributed by atoms with van der Waals surface area (Å²) in [5, 5.41) is 9.78. The molecule has 1 N–H and O–H groups in total. The quantitative estimate of drug-likeness (QED) is 0.838. The number of pyridine rings is 1. The number of ether oxygens (including phenoxy) is 1. The molecule has 0 unspecified atom stereocenters. The van der Waals surface area contributed by atoms with Crippen molar-refractivity contribution in [2.75, 3.05) is 6.61 Å². The molecule has 1 aliphatic heterocycles. The molecular weight excluding hydrogens is 237 g/mol. The van der Waals surface area contributed by atoms with E-state index in [-0.39, 0.29) is 12.2 Å². The van der Waals surface area contributed by atoms with Gasteiger partial charge >= 0.3 is 5.97 Å². The molecule has 1 aliphatic rings. The molecule has 0 fully saturated rings. The van der Waals surface area contributed by atoms with E-state index in [0.717, 1.165) is 0 Å². The van der Waals surface area contributed by atoms with Gasteiger partial charge in [0.1, 0.15) is 5.82 Å². The van der Waals surface area contributed by atoms with Gasteiger partial charge in [-0.15, -0.1) is 0 Å². The van der Waals surface area contributed by atoms with Gasteiger partial charge in [-0.1, -0.05) is 0 Å². The Labute approximate surface area is 102 Å². The first-order valence-corrected chi connectivity index (χ1v) is 5.59. The Balaban J connectivity index is 2.40. The standard InChI is InChI=1S/C13H10FNO3/c14-7-1-2-8-11(5-7)15-10-3-4-18-6-9(10)12(8)13(16)17/h1-2,5H,3-4,6H2,(H,16,17). The maximum atomic E-state index is 13.2. The van der Waals surface area contributed by atoms with E-state index >= 15 is 0 Å². The van der Waals surface area contributed by atoms with Crippen LogP contribution in [0.3, 0.4) is 0 Å². The molecule has 18 heavy (non-hydrogen) atoms. The van der Waals surface area contributed by atoms with Gasteiger partial charge in [0.15, 0.2) is 0 Å². The Morgan fingerprint density at radius 1 is 1.44 bits per heavy atom. The lowest BCUT2D eigenvalue weighted by molar-refractivity contribution is 0.0683. The molecule has 0 atom stereocenters. The van der Waals surface area contributed by atoms with Crippen LogP contribution in [-0.2, 0) is 17.8 Å².